The van der Waals surface area contributed by atoms with Gasteiger partial charge in [0.25, 0.3) is 0 Å². The molecule has 0 radical (unpaired) electrons. The SMILES string of the molecule is CC(=O)NC[C@@H]1CC[C@H](N)C1. The standard InChI is InChI=1S/C8H16N2O/c1-6(11)10-5-7-2-3-8(9)4-7/h7-8H,2-5,9H2,1H3,(H,10,11)/t7-,8+/m1/s1. The molecule has 0 bridgehead atoms. The predicted molar refractivity (Wildman–Crippen MR) is 44.0 cm³/mol. The van der Waals surface area contributed by atoms with Gasteiger partial charge in [-0.25, -0.2) is 0 Å². The summed E-state index contributed by atoms with van der Waals surface area (Å²) in [6.45, 7) is 2.36. The summed E-state index contributed by atoms with van der Waals surface area (Å²) < 4.78 is 0. The molecule has 0 aromatic heterocycles. The molecule has 1 aliphatic carbocycles. The molecular formula is C8H16N2O. The summed E-state index contributed by atoms with van der Waals surface area (Å²) in [5.41, 5.74) is 5.72. The zero-order valence-corrected chi connectivity index (χ0v) is 6.97. The van der Waals surface area contributed by atoms with E-state index in [2.05, 4.69) is 5.32 Å². The lowest BCUT2D eigenvalue weighted by Gasteiger charge is -2.08. The maximum absolute atomic E-state index is 10.5. The minimum absolute atomic E-state index is 0.0606. The highest BCUT2D eigenvalue weighted by Crippen LogP contribution is 2.22. The second-order valence-electron chi connectivity index (χ2n) is 3.38. The van der Waals surface area contributed by atoms with E-state index in [0.717, 1.165) is 19.4 Å². The Balaban J connectivity index is 2.13. The summed E-state index contributed by atoms with van der Waals surface area (Å²) in [5.74, 6) is 0.680. The van der Waals surface area contributed by atoms with Crippen LogP contribution in [0.4, 0.5) is 0 Å². The predicted octanol–water partition coefficient (Wildman–Crippen LogP) is 0.250. The van der Waals surface area contributed by atoms with Gasteiger partial charge in [0.05, 0.1) is 0 Å². The van der Waals surface area contributed by atoms with E-state index in [1.54, 1.807) is 6.92 Å². The summed E-state index contributed by atoms with van der Waals surface area (Å²) in [6.07, 6.45) is 3.35. The fourth-order valence-corrected chi connectivity index (χ4v) is 1.59. The van der Waals surface area contributed by atoms with Crippen molar-refractivity contribution in [3.05, 3.63) is 0 Å². The maximum Gasteiger partial charge on any atom is 0.216 e. The van der Waals surface area contributed by atoms with Crippen LogP contribution in [0, 0.1) is 5.92 Å². The van der Waals surface area contributed by atoms with Crippen molar-refractivity contribution < 1.29 is 4.79 Å². The maximum atomic E-state index is 10.5. The van der Waals surface area contributed by atoms with Crippen molar-refractivity contribution in [3.8, 4) is 0 Å². The molecule has 3 heteroatoms. The lowest BCUT2D eigenvalue weighted by molar-refractivity contribution is -0.119. The lowest BCUT2D eigenvalue weighted by atomic mass is 10.1. The van der Waals surface area contributed by atoms with Crippen LogP contribution < -0.4 is 11.1 Å². The van der Waals surface area contributed by atoms with Crippen LogP contribution in [0.25, 0.3) is 0 Å². The average molecular weight is 156 g/mol. The molecule has 0 heterocycles. The van der Waals surface area contributed by atoms with Gasteiger partial charge in [-0.2, -0.15) is 0 Å². The first-order valence-electron chi connectivity index (χ1n) is 4.18. The molecule has 11 heavy (non-hydrogen) atoms. The molecule has 1 aliphatic rings. The zero-order valence-electron chi connectivity index (χ0n) is 6.97. The van der Waals surface area contributed by atoms with Crippen molar-refractivity contribution in [3.63, 3.8) is 0 Å². The summed E-state index contributed by atoms with van der Waals surface area (Å²) in [7, 11) is 0. The average Bonchev–Trinajstić information content (AvgIpc) is 2.31. The van der Waals surface area contributed by atoms with Gasteiger partial charge in [0.15, 0.2) is 0 Å². The molecule has 0 aromatic rings. The van der Waals surface area contributed by atoms with Crippen molar-refractivity contribution in [2.24, 2.45) is 11.7 Å². The Morgan fingerprint density at radius 2 is 2.36 bits per heavy atom. The largest absolute Gasteiger partial charge is 0.356 e. The first-order valence-corrected chi connectivity index (χ1v) is 4.18. The number of carbonyl (C=O) groups is 1. The quantitative estimate of drug-likeness (QED) is 0.602. The molecular weight excluding hydrogens is 140 g/mol. The highest BCUT2D eigenvalue weighted by Gasteiger charge is 2.21. The minimum atomic E-state index is 0.0606. The van der Waals surface area contributed by atoms with Gasteiger partial charge in [-0.1, -0.05) is 0 Å². The number of rotatable bonds is 2. The van der Waals surface area contributed by atoms with Gasteiger partial charge in [-0.05, 0) is 25.2 Å². The van der Waals surface area contributed by atoms with E-state index < -0.39 is 0 Å². The van der Waals surface area contributed by atoms with Gasteiger partial charge in [0.2, 0.25) is 5.91 Å². The van der Waals surface area contributed by atoms with E-state index in [9.17, 15) is 4.79 Å². The number of amides is 1. The zero-order chi connectivity index (χ0) is 8.27. The van der Waals surface area contributed by atoms with Crippen molar-refractivity contribution in [2.45, 2.75) is 32.2 Å². The van der Waals surface area contributed by atoms with E-state index in [4.69, 9.17) is 5.73 Å². The summed E-state index contributed by atoms with van der Waals surface area (Å²) in [4.78, 5) is 10.5. The van der Waals surface area contributed by atoms with Crippen LogP contribution in [0.5, 0.6) is 0 Å². The molecule has 1 saturated carbocycles. The fraction of sp³-hybridized carbons (Fsp3) is 0.875. The monoisotopic (exact) mass is 156 g/mol. The van der Waals surface area contributed by atoms with E-state index in [-0.39, 0.29) is 5.91 Å². The highest BCUT2D eigenvalue weighted by atomic mass is 16.1. The number of hydrogen-bond acceptors (Lipinski definition) is 2. The third-order valence-corrected chi connectivity index (χ3v) is 2.22. The summed E-state index contributed by atoms with van der Waals surface area (Å²) in [5, 5.41) is 2.81. The Morgan fingerprint density at radius 1 is 1.64 bits per heavy atom. The van der Waals surface area contributed by atoms with Gasteiger partial charge in [-0.15, -0.1) is 0 Å². The number of carbonyl (C=O) groups excluding carboxylic acids is 1. The molecule has 1 amide bonds. The third kappa shape index (κ3) is 2.89. The molecule has 3 nitrogen and oxygen atoms in total. The molecule has 64 valence electrons. The highest BCUT2D eigenvalue weighted by molar-refractivity contribution is 5.72. The van der Waals surface area contributed by atoms with E-state index in [1.807, 2.05) is 0 Å². The third-order valence-electron chi connectivity index (χ3n) is 2.22. The second kappa shape index (κ2) is 3.72. The molecule has 0 aromatic carbocycles. The number of nitrogens with two attached hydrogens (primary N) is 1. The topological polar surface area (TPSA) is 55.1 Å². The fourth-order valence-electron chi connectivity index (χ4n) is 1.59. The lowest BCUT2D eigenvalue weighted by Crippen LogP contribution is -2.26. The molecule has 0 spiro atoms. The van der Waals surface area contributed by atoms with Crippen LogP contribution >= 0.6 is 0 Å². The molecule has 0 saturated heterocycles. The second-order valence-corrected chi connectivity index (χ2v) is 3.38. The van der Waals surface area contributed by atoms with Gasteiger partial charge in [-0.3, -0.25) is 4.79 Å². The molecule has 1 fully saturated rings. The normalized spacial score (nSPS) is 30.4. The van der Waals surface area contributed by atoms with Crippen molar-refractivity contribution >= 4 is 5.91 Å². The van der Waals surface area contributed by atoms with Crippen LogP contribution in [0.1, 0.15) is 26.2 Å². The van der Waals surface area contributed by atoms with Crippen LogP contribution in [-0.4, -0.2) is 18.5 Å². The van der Waals surface area contributed by atoms with Crippen LogP contribution in [-0.2, 0) is 4.79 Å². The molecule has 0 aliphatic heterocycles. The van der Waals surface area contributed by atoms with Gasteiger partial charge in [0, 0.05) is 19.5 Å². The minimum Gasteiger partial charge on any atom is -0.356 e. The van der Waals surface area contributed by atoms with Gasteiger partial charge in [0.1, 0.15) is 0 Å². The first-order chi connectivity index (χ1) is 5.18. The van der Waals surface area contributed by atoms with Crippen LogP contribution in [0.15, 0.2) is 0 Å². The van der Waals surface area contributed by atoms with Crippen LogP contribution in [0.3, 0.4) is 0 Å². The van der Waals surface area contributed by atoms with Crippen molar-refractivity contribution in [1.82, 2.24) is 5.32 Å². The number of nitrogens with one attached hydrogen (secondary N) is 1. The molecule has 0 unspecified atom stereocenters. The molecule has 1 rings (SSSR count). The molecule has 2 atom stereocenters. The number of hydrogen-bond donors (Lipinski definition) is 2. The van der Waals surface area contributed by atoms with E-state index in [1.165, 1.54) is 6.42 Å². The van der Waals surface area contributed by atoms with Crippen molar-refractivity contribution in [2.75, 3.05) is 6.54 Å². The first kappa shape index (κ1) is 8.53. The summed E-state index contributed by atoms with van der Waals surface area (Å²) in [6, 6.07) is 0.369. The Labute approximate surface area is 67.3 Å². The summed E-state index contributed by atoms with van der Waals surface area (Å²) >= 11 is 0. The van der Waals surface area contributed by atoms with Crippen LogP contribution in [0.2, 0.25) is 0 Å². The molecule has 3 N–H and O–H groups in total. The smallest absolute Gasteiger partial charge is 0.216 e. The Hall–Kier alpha value is -0.570. The Bertz CT molecular complexity index is 147. The van der Waals surface area contributed by atoms with Crippen molar-refractivity contribution in [1.29, 1.82) is 0 Å². The Morgan fingerprint density at radius 3 is 2.82 bits per heavy atom. The van der Waals surface area contributed by atoms with Gasteiger partial charge < -0.3 is 11.1 Å². The Kier molecular flexibility index (Phi) is 2.88. The van der Waals surface area contributed by atoms with E-state index in [0.29, 0.717) is 12.0 Å². The van der Waals surface area contributed by atoms with Gasteiger partial charge >= 0.3 is 0 Å². The van der Waals surface area contributed by atoms with E-state index >= 15 is 0 Å².